The van der Waals surface area contributed by atoms with Gasteiger partial charge in [-0.05, 0) is 51.6 Å². The topological polar surface area (TPSA) is 75.6 Å². The first-order valence-electron chi connectivity index (χ1n) is 9.30. The second-order valence-electron chi connectivity index (χ2n) is 6.10. The van der Waals surface area contributed by atoms with Gasteiger partial charge in [-0.1, -0.05) is 12.1 Å². The number of aliphatic imine (C=N–C) groups is 1. The predicted octanol–water partition coefficient (Wildman–Crippen LogP) is 4.78. The van der Waals surface area contributed by atoms with Gasteiger partial charge in [0.2, 0.25) is 0 Å². The fourth-order valence-electron chi connectivity index (χ4n) is 2.48. The summed E-state index contributed by atoms with van der Waals surface area (Å²) in [7, 11) is 0. The number of thioether (sulfide) groups is 1. The lowest BCUT2D eigenvalue weighted by Gasteiger charge is -2.16. The lowest BCUT2D eigenvalue weighted by Crippen LogP contribution is -2.38. The number of aryl methyl sites for hydroxylation is 1. The fraction of sp³-hybridized carbons (Fsp3) is 0.450. The number of aromatic nitrogens is 1. The molecule has 1 aromatic carbocycles. The maximum atomic E-state index is 12.0. The number of hydrogen-bond acceptors (Lipinski definition) is 6. The molecule has 9 heteroatoms. The molecule has 0 saturated carbocycles. The minimum atomic E-state index is -0.315. The zero-order chi connectivity index (χ0) is 20.5. The Labute approximate surface area is 198 Å². The number of nitrogens with zero attached hydrogens (tertiary/aromatic N) is 2. The average Bonchev–Trinajstić information content (AvgIpc) is 3.09. The quantitative estimate of drug-likeness (QED) is 0.163. The number of carbonyl (C=O) groups excluding carboxylic acids is 1. The fourth-order valence-corrected chi connectivity index (χ4v) is 3.85. The van der Waals surface area contributed by atoms with Crippen LogP contribution in [0, 0.1) is 6.92 Å². The molecule has 0 aliphatic carbocycles. The molecular weight excluding hydrogens is 519 g/mol. The van der Waals surface area contributed by atoms with E-state index in [1.807, 2.05) is 20.8 Å². The van der Waals surface area contributed by atoms with E-state index in [2.05, 4.69) is 51.1 Å². The molecule has 0 spiro atoms. The van der Waals surface area contributed by atoms with Crippen molar-refractivity contribution in [2.45, 2.75) is 45.2 Å². The van der Waals surface area contributed by atoms with Crippen LogP contribution in [0.5, 0.6) is 0 Å². The van der Waals surface area contributed by atoms with Gasteiger partial charge in [-0.3, -0.25) is 0 Å². The first-order chi connectivity index (χ1) is 13.5. The van der Waals surface area contributed by atoms with Crippen LogP contribution in [0.2, 0.25) is 0 Å². The van der Waals surface area contributed by atoms with Crippen LogP contribution in [0.25, 0.3) is 0 Å². The van der Waals surface area contributed by atoms with E-state index in [9.17, 15) is 4.79 Å². The van der Waals surface area contributed by atoms with Crippen LogP contribution in [-0.4, -0.2) is 36.3 Å². The number of esters is 1. The molecule has 0 fully saturated rings. The average molecular weight is 549 g/mol. The van der Waals surface area contributed by atoms with E-state index in [1.54, 1.807) is 18.7 Å². The van der Waals surface area contributed by atoms with Crippen LogP contribution in [0.1, 0.15) is 52.7 Å². The molecule has 0 amide bonds. The highest BCUT2D eigenvalue weighted by molar-refractivity contribution is 14.0. The smallest absolute Gasteiger partial charge is 0.350 e. The van der Waals surface area contributed by atoms with E-state index < -0.39 is 0 Å². The van der Waals surface area contributed by atoms with Gasteiger partial charge in [0, 0.05) is 11.4 Å². The van der Waals surface area contributed by atoms with Crippen LogP contribution in [0.3, 0.4) is 0 Å². The number of guanidine groups is 1. The summed E-state index contributed by atoms with van der Waals surface area (Å²) < 4.78 is 5.10. The van der Waals surface area contributed by atoms with Crippen LogP contribution >= 0.6 is 47.1 Å². The summed E-state index contributed by atoms with van der Waals surface area (Å²) in [6.07, 6.45) is 2.06. The monoisotopic (exact) mass is 548 g/mol. The van der Waals surface area contributed by atoms with Crippen LogP contribution < -0.4 is 10.6 Å². The van der Waals surface area contributed by atoms with Gasteiger partial charge in [0.15, 0.2) is 5.96 Å². The second-order valence-corrected chi connectivity index (χ2v) is 8.01. The molecule has 0 bridgehead atoms. The Hall–Kier alpha value is -1.33. The van der Waals surface area contributed by atoms with Crippen molar-refractivity contribution in [3.63, 3.8) is 0 Å². The van der Waals surface area contributed by atoms with Gasteiger partial charge in [-0.15, -0.1) is 47.1 Å². The summed E-state index contributed by atoms with van der Waals surface area (Å²) >= 11 is 3.09. The van der Waals surface area contributed by atoms with Crippen molar-refractivity contribution in [3.05, 3.63) is 45.4 Å². The lowest BCUT2D eigenvalue weighted by molar-refractivity contribution is 0.0531. The summed E-state index contributed by atoms with van der Waals surface area (Å²) in [6.45, 7) is 9.36. The van der Waals surface area contributed by atoms with E-state index in [1.165, 1.54) is 16.2 Å². The Morgan fingerprint density at radius 1 is 1.31 bits per heavy atom. The molecule has 0 aliphatic rings. The number of ether oxygens (including phenoxy) is 1. The van der Waals surface area contributed by atoms with Crippen LogP contribution in [0.4, 0.5) is 0 Å². The molecule has 160 valence electrons. The summed E-state index contributed by atoms with van der Waals surface area (Å²) in [5.74, 6) is 0.402. The first kappa shape index (κ1) is 25.7. The number of rotatable bonds is 8. The van der Waals surface area contributed by atoms with Gasteiger partial charge < -0.3 is 15.4 Å². The zero-order valence-corrected chi connectivity index (χ0v) is 21.4. The maximum absolute atomic E-state index is 12.0. The highest BCUT2D eigenvalue weighted by Gasteiger charge is 2.20. The summed E-state index contributed by atoms with van der Waals surface area (Å²) in [4.78, 5) is 23.0. The van der Waals surface area contributed by atoms with Gasteiger partial charge in [0.05, 0.1) is 24.9 Å². The van der Waals surface area contributed by atoms with Crippen molar-refractivity contribution in [3.8, 4) is 0 Å². The van der Waals surface area contributed by atoms with Gasteiger partial charge in [-0.25, -0.2) is 14.8 Å². The third-order valence-corrected chi connectivity index (χ3v) is 5.98. The third-order valence-electron chi connectivity index (χ3n) is 3.92. The predicted molar refractivity (Wildman–Crippen MR) is 133 cm³/mol. The second kappa shape index (κ2) is 13.1. The Morgan fingerprint density at radius 2 is 2.00 bits per heavy atom. The number of thiazole rings is 1. The zero-order valence-electron chi connectivity index (χ0n) is 17.4. The summed E-state index contributed by atoms with van der Waals surface area (Å²) in [5, 5.41) is 7.46. The highest BCUT2D eigenvalue weighted by atomic mass is 127. The van der Waals surface area contributed by atoms with E-state index in [4.69, 9.17) is 4.74 Å². The van der Waals surface area contributed by atoms with Crippen LogP contribution in [-0.2, 0) is 11.3 Å². The van der Waals surface area contributed by atoms with Crippen LogP contribution in [0.15, 0.2) is 34.2 Å². The molecule has 29 heavy (non-hydrogen) atoms. The van der Waals surface area contributed by atoms with Crippen molar-refractivity contribution in [1.29, 1.82) is 0 Å². The molecule has 0 radical (unpaired) electrons. The summed E-state index contributed by atoms with van der Waals surface area (Å²) in [6, 6.07) is 8.32. The number of halogens is 1. The number of benzene rings is 1. The number of carbonyl (C=O) groups is 1. The molecule has 2 rings (SSSR count). The molecule has 0 saturated heterocycles. The van der Waals surface area contributed by atoms with Gasteiger partial charge in [0.25, 0.3) is 0 Å². The maximum Gasteiger partial charge on any atom is 0.350 e. The molecule has 1 atom stereocenters. The molecule has 0 aliphatic heterocycles. The van der Waals surface area contributed by atoms with Crippen molar-refractivity contribution in [2.75, 3.05) is 19.4 Å². The van der Waals surface area contributed by atoms with Crippen molar-refractivity contribution >= 4 is 59.0 Å². The van der Waals surface area contributed by atoms with E-state index in [-0.39, 0.29) is 36.0 Å². The van der Waals surface area contributed by atoms with E-state index in [0.717, 1.165) is 23.1 Å². The Morgan fingerprint density at radius 3 is 2.59 bits per heavy atom. The SMILES string of the molecule is CCNC(=NCc1ccc(SC)cc1)NC(C)c1nc(C)c(C(=O)OCC)s1.I. The summed E-state index contributed by atoms with van der Waals surface area (Å²) in [5.41, 5.74) is 1.85. The van der Waals surface area contributed by atoms with Gasteiger partial charge in [-0.2, -0.15) is 0 Å². The number of hydrogen-bond donors (Lipinski definition) is 2. The Balaban J connectivity index is 0.00000420. The molecule has 1 heterocycles. The molecule has 1 aromatic heterocycles. The van der Waals surface area contributed by atoms with Gasteiger partial charge >= 0.3 is 5.97 Å². The van der Waals surface area contributed by atoms with E-state index in [0.29, 0.717) is 23.7 Å². The minimum absolute atomic E-state index is 0. The van der Waals surface area contributed by atoms with E-state index >= 15 is 0 Å². The number of nitrogens with one attached hydrogen (secondary N) is 2. The largest absolute Gasteiger partial charge is 0.462 e. The molecule has 1 unspecified atom stereocenters. The first-order valence-corrected chi connectivity index (χ1v) is 11.3. The lowest BCUT2D eigenvalue weighted by atomic mass is 10.2. The minimum Gasteiger partial charge on any atom is -0.462 e. The Bertz CT molecular complexity index is 809. The van der Waals surface area contributed by atoms with Crippen molar-refractivity contribution < 1.29 is 9.53 Å². The normalized spacial score (nSPS) is 12.1. The standard InChI is InChI=1S/C20H28N4O2S2.HI/c1-6-21-20(22-12-15-8-10-16(27-5)11-9-15)24-14(4)18-23-13(3)17(28-18)19(25)26-7-2;/h8-11,14H,6-7,12H2,1-5H3,(H2,21,22,24);1H. The molecule has 2 aromatic rings. The van der Waals surface area contributed by atoms with Crippen molar-refractivity contribution in [2.24, 2.45) is 4.99 Å². The molecular formula is C20H29IN4O2S2. The van der Waals surface area contributed by atoms with Crippen molar-refractivity contribution in [1.82, 2.24) is 15.6 Å². The molecule has 2 N–H and O–H groups in total. The Kier molecular flexibility index (Phi) is 11.6. The third kappa shape index (κ3) is 7.78. The van der Waals surface area contributed by atoms with Gasteiger partial charge in [0.1, 0.15) is 9.88 Å². The molecule has 6 nitrogen and oxygen atoms in total. The highest BCUT2D eigenvalue weighted by Crippen LogP contribution is 2.24.